The van der Waals surface area contributed by atoms with Crippen LogP contribution in [-0.2, 0) is 11.3 Å². The summed E-state index contributed by atoms with van der Waals surface area (Å²) < 4.78 is 34.7. The molecule has 0 spiro atoms. The number of nitrogens with zero attached hydrogens (tertiary/aromatic N) is 2. The van der Waals surface area contributed by atoms with E-state index in [1.807, 2.05) is 0 Å². The third-order valence-electron chi connectivity index (χ3n) is 4.70. The number of aromatic nitrogens is 2. The highest BCUT2D eigenvalue weighted by atomic mass is 19.1. The van der Waals surface area contributed by atoms with Gasteiger partial charge in [0, 0.05) is 11.8 Å². The minimum atomic E-state index is -0.629. The van der Waals surface area contributed by atoms with Gasteiger partial charge in [0.2, 0.25) is 5.88 Å². The first-order chi connectivity index (χ1) is 16.1. The van der Waals surface area contributed by atoms with Crippen LogP contribution in [0.15, 0.2) is 67.0 Å². The topological polar surface area (TPSA) is 91.8 Å². The van der Waals surface area contributed by atoms with E-state index in [-0.39, 0.29) is 12.4 Å². The fraction of sp³-hybridized carbons (Fsp3) is 0.125. The van der Waals surface area contributed by atoms with Crippen molar-refractivity contribution >= 4 is 22.7 Å². The van der Waals surface area contributed by atoms with E-state index < -0.39 is 6.09 Å². The van der Waals surface area contributed by atoms with Gasteiger partial charge < -0.3 is 18.9 Å². The van der Waals surface area contributed by atoms with Crippen molar-refractivity contribution in [3.63, 3.8) is 0 Å². The van der Waals surface area contributed by atoms with Crippen LogP contribution in [0.2, 0.25) is 0 Å². The number of hydrogen-bond acceptors (Lipinski definition) is 7. The molecular weight excluding hydrogens is 429 g/mol. The van der Waals surface area contributed by atoms with Crippen LogP contribution >= 0.6 is 0 Å². The summed E-state index contributed by atoms with van der Waals surface area (Å²) >= 11 is 0. The van der Waals surface area contributed by atoms with Crippen molar-refractivity contribution in [2.75, 3.05) is 19.5 Å². The maximum atomic E-state index is 12.9. The van der Waals surface area contributed by atoms with Crippen LogP contribution in [0.25, 0.3) is 10.9 Å². The number of ether oxygens (including phenoxy) is 4. The maximum Gasteiger partial charge on any atom is 0.411 e. The number of hydrogen-bond donors (Lipinski definition) is 1. The monoisotopic (exact) mass is 449 g/mol. The number of methoxy groups -OCH3 is 2. The second-order valence-corrected chi connectivity index (χ2v) is 6.86. The van der Waals surface area contributed by atoms with Gasteiger partial charge in [0.1, 0.15) is 24.5 Å². The summed E-state index contributed by atoms with van der Waals surface area (Å²) in [5.41, 5.74) is 1.84. The van der Waals surface area contributed by atoms with E-state index in [1.165, 1.54) is 18.5 Å². The molecule has 0 aliphatic rings. The van der Waals surface area contributed by atoms with Crippen molar-refractivity contribution in [3.05, 3.63) is 78.4 Å². The van der Waals surface area contributed by atoms with E-state index in [0.717, 1.165) is 0 Å². The van der Waals surface area contributed by atoms with Crippen LogP contribution in [0, 0.1) is 5.82 Å². The number of fused-ring (bicyclic) bond motifs is 1. The number of nitrogens with one attached hydrogen (secondary N) is 1. The van der Waals surface area contributed by atoms with E-state index in [9.17, 15) is 9.18 Å². The Balaban J connectivity index is 1.41. The minimum Gasteiger partial charge on any atom is -0.493 e. The SMILES string of the molecule is COc1cc2ncnc(Oc3ccc(NC(=O)OCc4ccc(F)cc4)cc3)c2cc1OC. The van der Waals surface area contributed by atoms with Gasteiger partial charge in [0.05, 0.1) is 25.1 Å². The smallest absolute Gasteiger partial charge is 0.411 e. The first kappa shape index (κ1) is 21.8. The third-order valence-corrected chi connectivity index (χ3v) is 4.70. The number of benzene rings is 3. The van der Waals surface area contributed by atoms with Crippen molar-refractivity contribution in [3.8, 4) is 23.1 Å². The van der Waals surface area contributed by atoms with E-state index >= 15 is 0 Å². The molecule has 0 atom stereocenters. The summed E-state index contributed by atoms with van der Waals surface area (Å²) in [6, 6.07) is 15.9. The van der Waals surface area contributed by atoms with Gasteiger partial charge in [-0.1, -0.05) is 12.1 Å². The zero-order chi connectivity index (χ0) is 23.2. The number of amides is 1. The van der Waals surface area contributed by atoms with Crippen molar-refractivity contribution < 1.29 is 28.1 Å². The minimum absolute atomic E-state index is 0.0301. The Hall–Kier alpha value is -4.40. The molecule has 4 rings (SSSR count). The van der Waals surface area contributed by atoms with Gasteiger partial charge in [-0.3, -0.25) is 5.32 Å². The zero-order valence-corrected chi connectivity index (χ0v) is 17.9. The molecule has 168 valence electrons. The largest absolute Gasteiger partial charge is 0.493 e. The lowest BCUT2D eigenvalue weighted by molar-refractivity contribution is 0.155. The summed E-state index contributed by atoms with van der Waals surface area (Å²) in [4.78, 5) is 20.5. The molecule has 0 radical (unpaired) electrons. The van der Waals surface area contributed by atoms with Gasteiger partial charge in [0.25, 0.3) is 0 Å². The summed E-state index contributed by atoms with van der Waals surface area (Å²) in [6.45, 7) is 0.0301. The lowest BCUT2D eigenvalue weighted by Crippen LogP contribution is -2.13. The van der Waals surface area contributed by atoms with Crippen molar-refractivity contribution in [2.45, 2.75) is 6.61 Å². The second kappa shape index (κ2) is 9.82. The molecule has 0 bridgehead atoms. The average molecular weight is 449 g/mol. The first-order valence-corrected chi connectivity index (χ1v) is 9.88. The molecule has 1 heterocycles. The normalized spacial score (nSPS) is 10.5. The maximum absolute atomic E-state index is 12.9. The fourth-order valence-corrected chi connectivity index (χ4v) is 3.04. The average Bonchev–Trinajstić information content (AvgIpc) is 2.84. The Labute approximate surface area is 188 Å². The van der Waals surface area contributed by atoms with Gasteiger partial charge in [-0.15, -0.1) is 0 Å². The van der Waals surface area contributed by atoms with E-state index in [4.69, 9.17) is 18.9 Å². The zero-order valence-electron chi connectivity index (χ0n) is 17.9. The van der Waals surface area contributed by atoms with Crippen LogP contribution in [0.5, 0.6) is 23.1 Å². The Bertz CT molecular complexity index is 1260. The van der Waals surface area contributed by atoms with Gasteiger partial charge in [-0.25, -0.2) is 19.2 Å². The number of rotatable bonds is 7. The predicted octanol–water partition coefficient (Wildman–Crippen LogP) is 5.33. The lowest BCUT2D eigenvalue weighted by Gasteiger charge is -2.12. The Morgan fingerprint density at radius 2 is 1.64 bits per heavy atom. The molecule has 33 heavy (non-hydrogen) atoms. The van der Waals surface area contributed by atoms with Crippen LogP contribution in [0.3, 0.4) is 0 Å². The number of carbonyl (C=O) groups excluding carboxylic acids is 1. The van der Waals surface area contributed by atoms with Gasteiger partial charge in [-0.2, -0.15) is 0 Å². The Morgan fingerprint density at radius 1 is 0.939 bits per heavy atom. The summed E-state index contributed by atoms with van der Waals surface area (Å²) in [6.07, 6.45) is 0.771. The molecule has 9 heteroatoms. The highest BCUT2D eigenvalue weighted by Crippen LogP contribution is 2.35. The molecule has 0 aliphatic heterocycles. The molecule has 4 aromatic rings. The molecular formula is C24H20FN3O5. The Morgan fingerprint density at radius 3 is 2.33 bits per heavy atom. The first-order valence-electron chi connectivity index (χ1n) is 9.88. The summed E-state index contributed by atoms with van der Waals surface area (Å²) in [5, 5.41) is 3.28. The van der Waals surface area contributed by atoms with Crippen LogP contribution in [0.4, 0.5) is 14.9 Å². The standard InChI is InChI=1S/C24H20FN3O5/c1-30-21-11-19-20(12-22(21)31-2)26-14-27-23(19)33-18-9-7-17(8-10-18)28-24(29)32-13-15-3-5-16(25)6-4-15/h3-12,14H,13H2,1-2H3,(H,28,29). The highest BCUT2D eigenvalue weighted by molar-refractivity contribution is 5.87. The van der Waals surface area contributed by atoms with Gasteiger partial charge >= 0.3 is 6.09 Å². The predicted molar refractivity (Wildman–Crippen MR) is 119 cm³/mol. The molecule has 0 saturated carbocycles. The molecule has 0 fully saturated rings. The van der Waals surface area contributed by atoms with Gasteiger partial charge in [-0.05, 0) is 48.0 Å². The van der Waals surface area contributed by atoms with E-state index in [1.54, 1.807) is 62.8 Å². The molecule has 1 amide bonds. The molecule has 1 N–H and O–H groups in total. The lowest BCUT2D eigenvalue weighted by atomic mass is 10.2. The van der Waals surface area contributed by atoms with E-state index in [0.29, 0.717) is 45.3 Å². The van der Waals surface area contributed by atoms with Crippen molar-refractivity contribution in [1.82, 2.24) is 9.97 Å². The third kappa shape index (κ3) is 5.27. The molecule has 0 aliphatic carbocycles. The summed E-state index contributed by atoms with van der Waals surface area (Å²) in [7, 11) is 3.10. The van der Waals surface area contributed by atoms with Crippen molar-refractivity contribution in [2.24, 2.45) is 0 Å². The molecule has 0 saturated heterocycles. The highest BCUT2D eigenvalue weighted by Gasteiger charge is 2.13. The molecule has 3 aromatic carbocycles. The van der Waals surface area contributed by atoms with Crippen LogP contribution in [0.1, 0.15) is 5.56 Å². The Kier molecular flexibility index (Phi) is 6.49. The number of halogens is 1. The molecule has 0 unspecified atom stereocenters. The van der Waals surface area contributed by atoms with Crippen LogP contribution < -0.4 is 19.5 Å². The molecule has 8 nitrogen and oxygen atoms in total. The quantitative estimate of drug-likeness (QED) is 0.408. The second-order valence-electron chi connectivity index (χ2n) is 6.86. The van der Waals surface area contributed by atoms with Crippen molar-refractivity contribution in [1.29, 1.82) is 0 Å². The fourth-order valence-electron chi connectivity index (χ4n) is 3.04. The van der Waals surface area contributed by atoms with Crippen LogP contribution in [-0.4, -0.2) is 30.3 Å². The number of carbonyl (C=O) groups is 1. The van der Waals surface area contributed by atoms with E-state index in [2.05, 4.69) is 15.3 Å². The van der Waals surface area contributed by atoms with Gasteiger partial charge in [0.15, 0.2) is 11.5 Å². The number of anilines is 1. The molecule has 1 aromatic heterocycles. The summed E-state index contributed by atoms with van der Waals surface area (Å²) in [5.74, 6) is 1.59.